The minimum Gasteiger partial charge on any atom is -0.378 e. The predicted molar refractivity (Wildman–Crippen MR) is 114 cm³/mol. The normalized spacial score (nSPS) is 12.3. The Bertz CT molecular complexity index is 1180. The summed E-state index contributed by atoms with van der Waals surface area (Å²) >= 11 is 7.73. The Hall–Kier alpha value is -2.63. The van der Waals surface area contributed by atoms with Gasteiger partial charge in [-0.05, 0) is 65.6 Å². The van der Waals surface area contributed by atoms with Crippen molar-refractivity contribution in [2.24, 2.45) is 0 Å². The molecular formula is C21H18ClN3OS. The molecule has 4 aromatic rings. The van der Waals surface area contributed by atoms with Gasteiger partial charge in [0.15, 0.2) is 0 Å². The lowest BCUT2D eigenvalue weighted by atomic mass is 10.0. The molecule has 0 aliphatic rings. The highest BCUT2D eigenvalue weighted by atomic mass is 35.5. The molecule has 4 nitrogen and oxygen atoms in total. The van der Waals surface area contributed by atoms with Crippen LogP contribution in [0.25, 0.3) is 22.2 Å². The molecule has 0 aliphatic heterocycles. The van der Waals surface area contributed by atoms with Crippen molar-refractivity contribution < 1.29 is 0 Å². The van der Waals surface area contributed by atoms with Crippen LogP contribution in [0.1, 0.15) is 24.1 Å². The number of anilines is 1. The fraction of sp³-hybridized carbons (Fsp3) is 0.143. The lowest BCUT2D eigenvalue weighted by Gasteiger charge is -2.16. The van der Waals surface area contributed by atoms with Crippen molar-refractivity contribution in [2.75, 3.05) is 5.32 Å². The highest BCUT2D eigenvalue weighted by Crippen LogP contribution is 2.29. The maximum atomic E-state index is 12.5. The molecule has 0 spiro atoms. The molecule has 1 aromatic carbocycles. The second-order valence-electron chi connectivity index (χ2n) is 6.56. The summed E-state index contributed by atoms with van der Waals surface area (Å²) < 4.78 is 0. The Morgan fingerprint density at radius 3 is 2.85 bits per heavy atom. The van der Waals surface area contributed by atoms with Crippen LogP contribution in [0.5, 0.6) is 0 Å². The molecule has 0 fully saturated rings. The first-order valence-corrected chi connectivity index (χ1v) is 9.91. The van der Waals surface area contributed by atoms with E-state index in [4.69, 9.17) is 11.6 Å². The van der Waals surface area contributed by atoms with E-state index in [9.17, 15) is 4.79 Å². The number of aryl methyl sites for hydroxylation is 1. The second kappa shape index (κ2) is 7.18. The van der Waals surface area contributed by atoms with Crippen molar-refractivity contribution >= 4 is 39.7 Å². The topological polar surface area (TPSA) is 57.8 Å². The van der Waals surface area contributed by atoms with Crippen LogP contribution < -0.4 is 10.9 Å². The van der Waals surface area contributed by atoms with E-state index in [-0.39, 0.29) is 11.6 Å². The number of nitrogens with zero attached hydrogens (tertiary/aromatic N) is 1. The van der Waals surface area contributed by atoms with Gasteiger partial charge in [-0.15, -0.1) is 0 Å². The van der Waals surface area contributed by atoms with Crippen LogP contribution in [0, 0.1) is 6.92 Å². The predicted octanol–water partition coefficient (Wildman–Crippen LogP) is 5.79. The first-order chi connectivity index (χ1) is 13.0. The number of hydrogen-bond donors (Lipinski definition) is 2. The number of pyridine rings is 2. The number of aromatic nitrogens is 2. The Morgan fingerprint density at radius 1 is 1.22 bits per heavy atom. The molecule has 27 heavy (non-hydrogen) atoms. The summed E-state index contributed by atoms with van der Waals surface area (Å²) in [4.78, 5) is 19.5. The van der Waals surface area contributed by atoms with Crippen LogP contribution in [-0.2, 0) is 0 Å². The summed E-state index contributed by atoms with van der Waals surface area (Å²) in [5, 5.41) is 9.09. The van der Waals surface area contributed by atoms with E-state index in [0.717, 1.165) is 16.6 Å². The molecular weight excluding hydrogens is 378 g/mol. The van der Waals surface area contributed by atoms with Crippen LogP contribution in [0.15, 0.2) is 58.1 Å². The Balaban J connectivity index is 1.65. The number of thiophene rings is 1. The lowest BCUT2D eigenvalue weighted by molar-refractivity contribution is 0.865. The highest BCUT2D eigenvalue weighted by molar-refractivity contribution is 7.08. The van der Waals surface area contributed by atoms with Crippen molar-refractivity contribution in [3.8, 4) is 11.1 Å². The van der Waals surface area contributed by atoms with Gasteiger partial charge in [-0.2, -0.15) is 11.3 Å². The summed E-state index contributed by atoms with van der Waals surface area (Å²) in [6, 6.07) is 11.7. The molecule has 0 radical (unpaired) electrons. The second-order valence-corrected chi connectivity index (χ2v) is 7.74. The zero-order valence-corrected chi connectivity index (χ0v) is 16.5. The van der Waals surface area contributed by atoms with Crippen LogP contribution in [0.2, 0.25) is 5.02 Å². The van der Waals surface area contributed by atoms with Crippen LogP contribution in [0.4, 0.5) is 5.69 Å². The van der Waals surface area contributed by atoms with Crippen LogP contribution in [0.3, 0.4) is 0 Å². The van der Waals surface area contributed by atoms with Gasteiger partial charge in [0.05, 0.1) is 11.1 Å². The van der Waals surface area contributed by atoms with Gasteiger partial charge in [0.25, 0.3) is 5.56 Å². The summed E-state index contributed by atoms with van der Waals surface area (Å²) in [6.45, 7) is 4.08. The van der Waals surface area contributed by atoms with Crippen molar-refractivity contribution in [2.45, 2.75) is 19.9 Å². The average Bonchev–Trinajstić information content (AvgIpc) is 3.07. The number of aromatic amines is 1. The number of benzene rings is 1. The number of nitrogens with one attached hydrogen (secondary N) is 2. The largest absolute Gasteiger partial charge is 0.378 e. The molecule has 1 atom stereocenters. The SMILES string of the molecule is Cc1cscc1-c1cccc(N[C@@H](C)c2cc3cc(Cl)cnc3[nH]c2=O)c1. The third-order valence-corrected chi connectivity index (χ3v) is 5.64. The molecule has 0 saturated carbocycles. The molecule has 2 N–H and O–H groups in total. The number of H-pyrrole nitrogens is 1. The Labute approximate surface area is 165 Å². The van der Waals surface area contributed by atoms with Gasteiger partial charge >= 0.3 is 0 Å². The van der Waals surface area contributed by atoms with E-state index < -0.39 is 0 Å². The molecule has 0 amide bonds. The fourth-order valence-corrected chi connectivity index (χ4v) is 4.19. The van der Waals surface area contributed by atoms with Crippen LogP contribution in [-0.4, -0.2) is 9.97 Å². The maximum Gasteiger partial charge on any atom is 0.254 e. The van der Waals surface area contributed by atoms with Gasteiger partial charge in [0.2, 0.25) is 0 Å². The Kier molecular flexibility index (Phi) is 4.72. The monoisotopic (exact) mass is 395 g/mol. The number of rotatable bonds is 4. The Morgan fingerprint density at radius 2 is 2.07 bits per heavy atom. The lowest BCUT2D eigenvalue weighted by Crippen LogP contribution is -2.19. The van der Waals surface area contributed by atoms with E-state index in [1.807, 2.05) is 25.1 Å². The third kappa shape index (κ3) is 3.61. The van der Waals surface area contributed by atoms with Crippen LogP contribution >= 0.6 is 22.9 Å². The van der Waals surface area contributed by atoms with E-state index in [1.54, 1.807) is 17.4 Å². The van der Waals surface area contributed by atoms with Gasteiger partial charge < -0.3 is 10.3 Å². The van der Waals surface area contributed by atoms with E-state index in [2.05, 4.69) is 45.1 Å². The summed E-state index contributed by atoms with van der Waals surface area (Å²) in [7, 11) is 0. The van der Waals surface area contributed by atoms with Gasteiger partial charge in [0, 0.05) is 22.8 Å². The standard InChI is InChI=1S/C21H18ClN3OS/c1-12-10-27-11-19(12)14-4-3-5-17(7-14)24-13(2)18-8-15-6-16(22)9-23-20(15)25-21(18)26/h3-11,13,24H,1-2H3,(H,23,25,26)/t13-/m0/s1. The summed E-state index contributed by atoms with van der Waals surface area (Å²) in [5.74, 6) is 0. The molecule has 3 aromatic heterocycles. The molecule has 0 saturated heterocycles. The third-order valence-electron chi connectivity index (χ3n) is 4.57. The number of halogens is 1. The van der Waals surface area contributed by atoms with E-state index in [0.29, 0.717) is 16.2 Å². The first-order valence-electron chi connectivity index (χ1n) is 8.59. The highest BCUT2D eigenvalue weighted by Gasteiger charge is 2.13. The van der Waals surface area contributed by atoms with Gasteiger partial charge in [-0.3, -0.25) is 4.79 Å². The molecule has 0 bridgehead atoms. The molecule has 0 aliphatic carbocycles. The van der Waals surface area contributed by atoms with Crippen molar-refractivity contribution in [1.29, 1.82) is 0 Å². The van der Waals surface area contributed by atoms with Crippen molar-refractivity contribution in [1.82, 2.24) is 9.97 Å². The molecule has 0 unspecified atom stereocenters. The van der Waals surface area contributed by atoms with Gasteiger partial charge in [-0.1, -0.05) is 23.7 Å². The van der Waals surface area contributed by atoms with Crippen molar-refractivity contribution in [3.05, 3.63) is 79.9 Å². The number of fused-ring (bicyclic) bond motifs is 1. The van der Waals surface area contributed by atoms with Gasteiger partial charge in [0.1, 0.15) is 5.65 Å². The summed E-state index contributed by atoms with van der Waals surface area (Å²) in [6.07, 6.45) is 1.53. The maximum absolute atomic E-state index is 12.5. The minimum atomic E-state index is -0.170. The average molecular weight is 396 g/mol. The van der Waals surface area contributed by atoms with E-state index >= 15 is 0 Å². The fourth-order valence-electron chi connectivity index (χ4n) is 3.16. The summed E-state index contributed by atoms with van der Waals surface area (Å²) in [5.41, 5.74) is 5.66. The van der Waals surface area contributed by atoms with Gasteiger partial charge in [-0.25, -0.2) is 4.98 Å². The zero-order chi connectivity index (χ0) is 19.0. The smallest absolute Gasteiger partial charge is 0.254 e. The minimum absolute atomic E-state index is 0.151. The number of hydrogen-bond acceptors (Lipinski definition) is 4. The molecule has 136 valence electrons. The quantitative estimate of drug-likeness (QED) is 0.460. The first kappa shape index (κ1) is 17.8. The van der Waals surface area contributed by atoms with Crippen molar-refractivity contribution in [3.63, 3.8) is 0 Å². The zero-order valence-electron chi connectivity index (χ0n) is 14.9. The molecule has 4 rings (SSSR count). The molecule has 3 heterocycles. The molecule has 6 heteroatoms. The van der Waals surface area contributed by atoms with E-state index in [1.165, 1.54) is 17.3 Å².